The van der Waals surface area contributed by atoms with Crippen molar-refractivity contribution in [2.75, 3.05) is 7.11 Å². The molecule has 1 atom stereocenters. The number of hydrogen-bond acceptors (Lipinski definition) is 4. The SMILES string of the molecule is COC(=O)C(C#N)CCc1ccnn1C. The van der Waals surface area contributed by atoms with Crippen LogP contribution in [0.4, 0.5) is 0 Å². The van der Waals surface area contributed by atoms with E-state index in [2.05, 4.69) is 9.84 Å². The lowest BCUT2D eigenvalue weighted by Gasteiger charge is -2.06. The van der Waals surface area contributed by atoms with Gasteiger partial charge in [0.25, 0.3) is 0 Å². The molecule has 0 spiro atoms. The number of hydrogen-bond donors (Lipinski definition) is 0. The zero-order chi connectivity index (χ0) is 11.3. The van der Waals surface area contributed by atoms with Crippen LogP contribution in [0.3, 0.4) is 0 Å². The molecule has 1 aromatic heterocycles. The predicted molar refractivity (Wildman–Crippen MR) is 52.6 cm³/mol. The summed E-state index contributed by atoms with van der Waals surface area (Å²) in [6.45, 7) is 0. The van der Waals surface area contributed by atoms with Crippen molar-refractivity contribution in [2.24, 2.45) is 13.0 Å². The molecule has 1 heterocycles. The third kappa shape index (κ3) is 2.81. The second kappa shape index (κ2) is 5.15. The number of nitrogens with zero attached hydrogens (tertiary/aromatic N) is 3. The molecule has 1 unspecified atom stereocenters. The van der Waals surface area contributed by atoms with E-state index in [4.69, 9.17) is 5.26 Å². The number of carbonyl (C=O) groups excluding carboxylic acids is 1. The van der Waals surface area contributed by atoms with Gasteiger partial charge < -0.3 is 4.74 Å². The van der Waals surface area contributed by atoms with E-state index in [1.54, 1.807) is 10.9 Å². The Hall–Kier alpha value is -1.83. The summed E-state index contributed by atoms with van der Waals surface area (Å²) in [6.07, 6.45) is 2.79. The standard InChI is InChI=1S/C10H13N3O2/c1-13-9(5-6-12-13)4-3-8(7-11)10(14)15-2/h5-6,8H,3-4H2,1-2H3. The smallest absolute Gasteiger partial charge is 0.323 e. The molecular formula is C10H13N3O2. The minimum absolute atomic E-state index is 0.461. The van der Waals surface area contributed by atoms with Crippen LogP contribution in [0.2, 0.25) is 0 Å². The van der Waals surface area contributed by atoms with Gasteiger partial charge in [-0.05, 0) is 18.9 Å². The van der Waals surface area contributed by atoms with E-state index in [0.29, 0.717) is 12.8 Å². The Morgan fingerprint density at radius 2 is 2.53 bits per heavy atom. The Kier molecular flexibility index (Phi) is 3.86. The fourth-order valence-corrected chi connectivity index (χ4v) is 1.32. The summed E-state index contributed by atoms with van der Waals surface area (Å²) in [5.74, 6) is -1.16. The number of aromatic nitrogens is 2. The van der Waals surface area contributed by atoms with Gasteiger partial charge in [-0.2, -0.15) is 10.4 Å². The predicted octanol–water partition coefficient (Wildman–Crippen LogP) is 0.665. The van der Waals surface area contributed by atoms with Crippen LogP contribution in [-0.4, -0.2) is 22.9 Å². The van der Waals surface area contributed by atoms with Crippen molar-refractivity contribution in [3.05, 3.63) is 18.0 Å². The highest BCUT2D eigenvalue weighted by Crippen LogP contribution is 2.09. The fraction of sp³-hybridized carbons (Fsp3) is 0.500. The monoisotopic (exact) mass is 207 g/mol. The minimum Gasteiger partial charge on any atom is -0.468 e. The third-order valence-corrected chi connectivity index (χ3v) is 2.25. The van der Waals surface area contributed by atoms with E-state index in [1.165, 1.54) is 7.11 Å². The maximum absolute atomic E-state index is 11.1. The molecule has 0 aromatic carbocycles. The van der Waals surface area contributed by atoms with E-state index in [-0.39, 0.29) is 0 Å². The van der Waals surface area contributed by atoms with Crippen molar-refractivity contribution in [1.82, 2.24) is 9.78 Å². The Bertz CT molecular complexity index is 378. The van der Waals surface area contributed by atoms with Gasteiger partial charge in [0.15, 0.2) is 0 Å². The van der Waals surface area contributed by atoms with Gasteiger partial charge in [0, 0.05) is 18.9 Å². The molecule has 0 radical (unpaired) electrons. The highest BCUT2D eigenvalue weighted by molar-refractivity contribution is 5.74. The lowest BCUT2D eigenvalue weighted by Crippen LogP contribution is -2.15. The molecular weight excluding hydrogens is 194 g/mol. The van der Waals surface area contributed by atoms with Crippen molar-refractivity contribution in [2.45, 2.75) is 12.8 Å². The maximum atomic E-state index is 11.1. The Morgan fingerprint density at radius 1 is 1.80 bits per heavy atom. The molecule has 1 aromatic rings. The summed E-state index contributed by atoms with van der Waals surface area (Å²) in [6, 6.07) is 3.80. The largest absolute Gasteiger partial charge is 0.468 e. The summed E-state index contributed by atoms with van der Waals surface area (Å²) in [5, 5.41) is 12.8. The first-order valence-corrected chi connectivity index (χ1v) is 4.63. The Balaban J connectivity index is 2.53. The van der Waals surface area contributed by atoms with E-state index in [9.17, 15) is 4.79 Å². The first kappa shape index (κ1) is 11.2. The molecule has 5 heteroatoms. The zero-order valence-electron chi connectivity index (χ0n) is 8.80. The van der Waals surface area contributed by atoms with Crippen molar-refractivity contribution < 1.29 is 9.53 Å². The number of ether oxygens (including phenoxy) is 1. The van der Waals surface area contributed by atoms with Gasteiger partial charge >= 0.3 is 5.97 Å². The van der Waals surface area contributed by atoms with E-state index in [0.717, 1.165) is 5.69 Å². The summed E-state index contributed by atoms with van der Waals surface area (Å²) >= 11 is 0. The van der Waals surface area contributed by atoms with Crippen molar-refractivity contribution in [3.63, 3.8) is 0 Å². The van der Waals surface area contributed by atoms with Gasteiger partial charge in [0.05, 0.1) is 13.2 Å². The minimum atomic E-state index is -0.690. The van der Waals surface area contributed by atoms with Crippen molar-refractivity contribution in [1.29, 1.82) is 5.26 Å². The summed E-state index contributed by atoms with van der Waals surface area (Å²) in [5.41, 5.74) is 0.999. The van der Waals surface area contributed by atoms with Crippen LogP contribution in [0.25, 0.3) is 0 Å². The van der Waals surface area contributed by atoms with Gasteiger partial charge in [-0.15, -0.1) is 0 Å². The quantitative estimate of drug-likeness (QED) is 0.680. The van der Waals surface area contributed by atoms with Crippen molar-refractivity contribution >= 4 is 5.97 Å². The molecule has 5 nitrogen and oxygen atoms in total. The first-order chi connectivity index (χ1) is 7.19. The number of aryl methyl sites for hydroxylation is 2. The molecule has 0 amide bonds. The van der Waals surface area contributed by atoms with Crippen molar-refractivity contribution in [3.8, 4) is 6.07 Å². The fourth-order valence-electron chi connectivity index (χ4n) is 1.32. The summed E-state index contributed by atoms with van der Waals surface area (Å²) in [4.78, 5) is 11.1. The van der Waals surface area contributed by atoms with Crippen LogP contribution in [0, 0.1) is 17.2 Å². The number of esters is 1. The normalized spacial score (nSPS) is 11.8. The van der Waals surface area contributed by atoms with Gasteiger partial charge in [-0.3, -0.25) is 9.48 Å². The molecule has 0 N–H and O–H groups in total. The second-order valence-corrected chi connectivity index (χ2v) is 3.19. The first-order valence-electron chi connectivity index (χ1n) is 4.63. The van der Waals surface area contributed by atoms with Crippen LogP contribution >= 0.6 is 0 Å². The highest BCUT2D eigenvalue weighted by atomic mass is 16.5. The van der Waals surface area contributed by atoms with Crippen LogP contribution < -0.4 is 0 Å². The molecule has 0 saturated carbocycles. The second-order valence-electron chi connectivity index (χ2n) is 3.19. The number of rotatable bonds is 4. The van der Waals surface area contributed by atoms with E-state index >= 15 is 0 Å². The van der Waals surface area contributed by atoms with E-state index in [1.807, 2.05) is 19.2 Å². The summed E-state index contributed by atoms with van der Waals surface area (Å²) in [7, 11) is 3.12. The molecule has 1 rings (SSSR count). The average Bonchev–Trinajstić information content (AvgIpc) is 2.65. The zero-order valence-corrected chi connectivity index (χ0v) is 8.80. The maximum Gasteiger partial charge on any atom is 0.323 e. The third-order valence-electron chi connectivity index (χ3n) is 2.25. The molecule has 0 aliphatic rings. The van der Waals surface area contributed by atoms with Crippen LogP contribution in [0.1, 0.15) is 12.1 Å². The summed E-state index contributed by atoms with van der Waals surface area (Å²) < 4.78 is 6.25. The molecule has 80 valence electrons. The topological polar surface area (TPSA) is 67.9 Å². The molecule has 0 fully saturated rings. The number of nitriles is 1. The molecule has 0 saturated heterocycles. The van der Waals surface area contributed by atoms with Gasteiger partial charge in [0.2, 0.25) is 0 Å². The van der Waals surface area contributed by atoms with Gasteiger partial charge in [-0.25, -0.2) is 0 Å². The van der Waals surface area contributed by atoms with Crippen LogP contribution in [0.15, 0.2) is 12.3 Å². The molecule has 0 aliphatic heterocycles. The molecule has 15 heavy (non-hydrogen) atoms. The highest BCUT2D eigenvalue weighted by Gasteiger charge is 2.18. The molecule has 0 aliphatic carbocycles. The number of methoxy groups -OCH3 is 1. The Morgan fingerprint density at radius 3 is 3.00 bits per heavy atom. The lowest BCUT2D eigenvalue weighted by atomic mass is 10.0. The van der Waals surface area contributed by atoms with Crippen LogP contribution in [-0.2, 0) is 23.0 Å². The Labute approximate surface area is 88.3 Å². The van der Waals surface area contributed by atoms with Gasteiger partial charge in [-0.1, -0.05) is 0 Å². The molecule has 0 bridgehead atoms. The number of carbonyl (C=O) groups is 1. The van der Waals surface area contributed by atoms with Gasteiger partial charge in [0.1, 0.15) is 5.92 Å². The van der Waals surface area contributed by atoms with Crippen LogP contribution in [0.5, 0.6) is 0 Å². The average molecular weight is 207 g/mol. The van der Waals surface area contributed by atoms with E-state index < -0.39 is 11.9 Å². The lowest BCUT2D eigenvalue weighted by molar-refractivity contribution is -0.143.